The Morgan fingerprint density at radius 1 is 1.23 bits per heavy atom. The Bertz CT molecular complexity index is 563. The normalized spacial score (nSPS) is 28.5. The first-order valence-electron chi connectivity index (χ1n) is 8.77. The molecule has 0 spiro atoms. The second kappa shape index (κ2) is 6.05. The minimum absolute atomic E-state index is 0.308. The predicted molar refractivity (Wildman–Crippen MR) is 87.6 cm³/mol. The quantitative estimate of drug-likeness (QED) is 0.842. The number of aryl methyl sites for hydroxylation is 2. The maximum absolute atomic E-state index is 12.9. The van der Waals surface area contributed by atoms with Gasteiger partial charge in [-0.05, 0) is 44.9 Å². The third-order valence-corrected chi connectivity index (χ3v) is 6.05. The molecule has 1 saturated carbocycles. The molecule has 122 valence electrons. The molecule has 0 radical (unpaired) electrons. The fraction of sp³-hybridized carbons (Fsp3) is 0.778. The lowest BCUT2D eigenvalue weighted by Gasteiger charge is -2.47. The van der Waals surface area contributed by atoms with E-state index < -0.39 is 0 Å². The number of aromatic nitrogens is 2. The first kappa shape index (κ1) is 15.6. The number of amides is 1. The molecule has 3 atom stereocenters. The van der Waals surface area contributed by atoms with Gasteiger partial charge in [0.1, 0.15) is 0 Å². The largest absolute Gasteiger partial charge is 0.339 e. The van der Waals surface area contributed by atoms with Gasteiger partial charge in [-0.1, -0.05) is 19.8 Å². The standard InChI is InChI=1S/C18H29N3O/c1-12-9-10-21(17-8-6-5-7-15(12)17)18(22)11-16-13(2)19-20(4)14(16)3/h12,15,17H,5-11H2,1-4H3/t12-,15+,17-/m0/s1. The summed E-state index contributed by atoms with van der Waals surface area (Å²) >= 11 is 0. The molecule has 0 N–H and O–H groups in total. The summed E-state index contributed by atoms with van der Waals surface area (Å²) in [6.07, 6.45) is 6.81. The van der Waals surface area contributed by atoms with E-state index >= 15 is 0 Å². The van der Waals surface area contributed by atoms with Crippen LogP contribution in [-0.2, 0) is 18.3 Å². The number of likely N-dealkylation sites (tertiary alicyclic amines) is 1. The lowest BCUT2D eigenvalue weighted by molar-refractivity contribution is -0.138. The number of carbonyl (C=O) groups is 1. The number of hydrogen-bond acceptors (Lipinski definition) is 2. The zero-order chi connectivity index (χ0) is 15.9. The van der Waals surface area contributed by atoms with Crippen LogP contribution in [0.2, 0.25) is 0 Å². The van der Waals surface area contributed by atoms with Crippen molar-refractivity contribution in [3.8, 4) is 0 Å². The van der Waals surface area contributed by atoms with Crippen molar-refractivity contribution in [2.45, 2.75) is 65.3 Å². The van der Waals surface area contributed by atoms with E-state index in [1.165, 1.54) is 25.7 Å². The molecule has 1 saturated heterocycles. The molecule has 1 aromatic rings. The Balaban J connectivity index is 1.76. The van der Waals surface area contributed by atoms with Gasteiger partial charge in [0, 0.05) is 30.9 Å². The van der Waals surface area contributed by atoms with E-state index in [4.69, 9.17) is 0 Å². The average Bonchev–Trinajstić information content (AvgIpc) is 2.74. The third-order valence-electron chi connectivity index (χ3n) is 6.05. The minimum atomic E-state index is 0.308. The van der Waals surface area contributed by atoms with Crippen molar-refractivity contribution < 1.29 is 4.79 Å². The molecule has 0 unspecified atom stereocenters. The van der Waals surface area contributed by atoms with Gasteiger partial charge in [0.05, 0.1) is 12.1 Å². The number of nitrogens with zero attached hydrogens (tertiary/aromatic N) is 3. The highest BCUT2D eigenvalue weighted by molar-refractivity contribution is 5.79. The third kappa shape index (κ3) is 2.68. The number of carbonyl (C=O) groups excluding carboxylic acids is 1. The van der Waals surface area contributed by atoms with E-state index in [0.29, 0.717) is 18.4 Å². The van der Waals surface area contributed by atoms with Crippen LogP contribution in [0.3, 0.4) is 0 Å². The van der Waals surface area contributed by atoms with E-state index in [9.17, 15) is 4.79 Å². The minimum Gasteiger partial charge on any atom is -0.339 e. The average molecular weight is 303 g/mol. The summed E-state index contributed by atoms with van der Waals surface area (Å²) in [7, 11) is 1.95. The number of piperidine rings is 1. The molecular formula is C18H29N3O. The number of hydrogen-bond donors (Lipinski definition) is 0. The van der Waals surface area contributed by atoms with Crippen molar-refractivity contribution in [3.05, 3.63) is 17.0 Å². The Morgan fingerprint density at radius 3 is 2.64 bits per heavy atom. The van der Waals surface area contributed by atoms with E-state index in [1.54, 1.807) is 0 Å². The van der Waals surface area contributed by atoms with E-state index in [0.717, 1.165) is 41.8 Å². The maximum Gasteiger partial charge on any atom is 0.227 e. The lowest BCUT2D eigenvalue weighted by atomic mass is 9.72. The predicted octanol–water partition coefficient (Wildman–Crippen LogP) is 3.01. The lowest BCUT2D eigenvalue weighted by Crippen LogP contribution is -2.52. The Hall–Kier alpha value is -1.32. The highest BCUT2D eigenvalue weighted by Gasteiger charge is 2.39. The number of rotatable bonds is 2. The summed E-state index contributed by atoms with van der Waals surface area (Å²) in [6.45, 7) is 7.39. The van der Waals surface area contributed by atoms with Crippen LogP contribution in [0.25, 0.3) is 0 Å². The molecule has 4 nitrogen and oxygen atoms in total. The second-order valence-electron chi connectivity index (χ2n) is 7.32. The molecule has 2 fully saturated rings. The molecule has 0 aromatic carbocycles. The Morgan fingerprint density at radius 2 is 1.95 bits per heavy atom. The van der Waals surface area contributed by atoms with Gasteiger partial charge in [0.15, 0.2) is 0 Å². The monoisotopic (exact) mass is 303 g/mol. The molecule has 1 aliphatic heterocycles. The van der Waals surface area contributed by atoms with Gasteiger partial charge in [-0.25, -0.2) is 0 Å². The van der Waals surface area contributed by atoms with E-state index in [2.05, 4.69) is 23.8 Å². The highest BCUT2D eigenvalue weighted by atomic mass is 16.2. The molecule has 2 aliphatic rings. The second-order valence-corrected chi connectivity index (χ2v) is 7.32. The maximum atomic E-state index is 12.9. The first-order valence-corrected chi connectivity index (χ1v) is 8.77. The van der Waals surface area contributed by atoms with Crippen LogP contribution < -0.4 is 0 Å². The van der Waals surface area contributed by atoms with Crippen LogP contribution in [0, 0.1) is 25.7 Å². The summed E-state index contributed by atoms with van der Waals surface area (Å²) in [5.41, 5.74) is 3.24. The van der Waals surface area contributed by atoms with Crippen LogP contribution in [0.5, 0.6) is 0 Å². The fourth-order valence-electron chi connectivity index (χ4n) is 4.55. The smallest absolute Gasteiger partial charge is 0.227 e. The molecule has 1 amide bonds. The number of fused-ring (bicyclic) bond motifs is 1. The highest BCUT2D eigenvalue weighted by Crippen LogP contribution is 2.39. The zero-order valence-electron chi connectivity index (χ0n) is 14.4. The van der Waals surface area contributed by atoms with E-state index in [1.807, 2.05) is 18.7 Å². The molecule has 3 rings (SSSR count). The van der Waals surface area contributed by atoms with Crippen LogP contribution >= 0.6 is 0 Å². The van der Waals surface area contributed by atoms with Crippen molar-refractivity contribution in [1.29, 1.82) is 0 Å². The first-order chi connectivity index (χ1) is 10.5. The van der Waals surface area contributed by atoms with Crippen molar-refractivity contribution >= 4 is 5.91 Å². The van der Waals surface area contributed by atoms with Crippen molar-refractivity contribution in [2.24, 2.45) is 18.9 Å². The van der Waals surface area contributed by atoms with Crippen molar-refractivity contribution in [3.63, 3.8) is 0 Å². The Kier molecular flexibility index (Phi) is 4.28. The molecule has 1 aliphatic carbocycles. The molecule has 1 aromatic heterocycles. The molecule has 2 heterocycles. The van der Waals surface area contributed by atoms with Gasteiger partial charge in [-0.3, -0.25) is 9.48 Å². The van der Waals surface area contributed by atoms with Crippen molar-refractivity contribution in [1.82, 2.24) is 14.7 Å². The van der Waals surface area contributed by atoms with Gasteiger partial charge in [-0.15, -0.1) is 0 Å². The summed E-state index contributed by atoms with van der Waals surface area (Å²) in [5, 5.41) is 4.45. The van der Waals surface area contributed by atoms with Gasteiger partial charge in [0.2, 0.25) is 5.91 Å². The van der Waals surface area contributed by atoms with Gasteiger partial charge >= 0.3 is 0 Å². The SMILES string of the molecule is Cc1nn(C)c(C)c1CC(=O)N1CC[C@H](C)[C@H]2CCCC[C@@H]21. The van der Waals surface area contributed by atoms with Crippen LogP contribution in [0.15, 0.2) is 0 Å². The summed E-state index contributed by atoms with van der Waals surface area (Å²) < 4.78 is 1.89. The molecular weight excluding hydrogens is 274 g/mol. The zero-order valence-corrected chi connectivity index (χ0v) is 14.4. The van der Waals surface area contributed by atoms with Crippen molar-refractivity contribution in [2.75, 3.05) is 6.54 Å². The fourth-order valence-corrected chi connectivity index (χ4v) is 4.55. The molecule has 0 bridgehead atoms. The molecule has 4 heteroatoms. The van der Waals surface area contributed by atoms with Crippen LogP contribution in [-0.4, -0.2) is 33.2 Å². The summed E-state index contributed by atoms with van der Waals surface area (Å²) in [6, 6.07) is 0.488. The van der Waals surface area contributed by atoms with Gasteiger partial charge < -0.3 is 4.90 Å². The molecule has 22 heavy (non-hydrogen) atoms. The summed E-state index contributed by atoms with van der Waals surface area (Å²) in [5.74, 6) is 1.81. The topological polar surface area (TPSA) is 38.1 Å². The van der Waals surface area contributed by atoms with Crippen LogP contribution in [0.4, 0.5) is 0 Å². The Labute approximate surface area is 133 Å². The van der Waals surface area contributed by atoms with E-state index in [-0.39, 0.29) is 0 Å². The summed E-state index contributed by atoms with van der Waals surface area (Å²) in [4.78, 5) is 15.1. The van der Waals surface area contributed by atoms with Gasteiger partial charge in [-0.2, -0.15) is 5.10 Å². The van der Waals surface area contributed by atoms with Crippen LogP contribution in [0.1, 0.15) is 56.0 Å². The van der Waals surface area contributed by atoms with Gasteiger partial charge in [0.25, 0.3) is 0 Å².